The van der Waals surface area contributed by atoms with E-state index in [4.69, 9.17) is 10.5 Å². The van der Waals surface area contributed by atoms with Crippen molar-refractivity contribution in [1.82, 2.24) is 4.98 Å². The van der Waals surface area contributed by atoms with Crippen LogP contribution in [0.1, 0.15) is 43.3 Å². The molecule has 3 rings (SSSR count). The van der Waals surface area contributed by atoms with Gasteiger partial charge in [0, 0.05) is 17.7 Å². The van der Waals surface area contributed by atoms with Gasteiger partial charge in [0.15, 0.2) is 11.1 Å². The summed E-state index contributed by atoms with van der Waals surface area (Å²) in [5.41, 5.74) is -0.0817. The zero-order chi connectivity index (χ0) is 22.5. The van der Waals surface area contributed by atoms with Crippen molar-refractivity contribution in [1.29, 1.82) is 0 Å². The van der Waals surface area contributed by atoms with Gasteiger partial charge in [0.2, 0.25) is 0 Å². The average molecular weight is 431 g/mol. The number of alkyl halides is 5. The van der Waals surface area contributed by atoms with Crippen LogP contribution in [0.3, 0.4) is 0 Å². The SMILES string of the molecule is CC1(C)OC(N)=N[C@](C)(c2cc(Cc3cccc(C(F)(F)F)n3)ccc2F)C1(F)F. The summed E-state index contributed by atoms with van der Waals surface area (Å²) in [4.78, 5) is 7.26. The van der Waals surface area contributed by atoms with Crippen LogP contribution in [0.15, 0.2) is 41.4 Å². The van der Waals surface area contributed by atoms with Crippen LogP contribution in [0.4, 0.5) is 26.3 Å². The minimum absolute atomic E-state index is 0.0506. The van der Waals surface area contributed by atoms with Crippen LogP contribution < -0.4 is 5.73 Å². The van der Waals surface area contributed by atoms with E-state index in [1.54, 1.807) is 0 Å². The summed E-state index contributed by atoms with van der Waals surface area (Å²) < 4.78 is 88.7. The zero-order valence-electron chi connectivity index (χ0n) is 16.3. The van der Waals surface area contributed by atoms with E-state index in [0.717, 1.165) is 39.0 Å². The molecule has 162 valence electrons. The molecule has 0 amide bonds. The first kappa shape index (κ1) is 21.9. The van der Waals surface area contributed by atoms with Crippen molar-refractivity contribution in [2.45, 2.75) is 50.4 Å². The predicted molar refractivity (Wildman–Crippen MR) is 97.5 cm³/mol. The highest BCUT2D eigenvalue weighted by atomic mass is 19.4. The monoisotopic (exact) mass is 431 g/mol. The van der Waals surface area contributed by atoms with Gasteiger partial charge in [0.05, 0.1) is 0 Å². The maximum Gasteiger partial charge on any atom is 0.433 e. The lowest BCUT2D eigenvalue weighted by molar-refractivity contribution is -0.207. The third kappa shape index (κ3) is 3.59. The van der Waals surface area contributed by atoms with Crippen LogP contribution >= 0.6 is 0 Å². The first-order chi connectivity index (χ1) is 13.7. The Hall–Kier alpha value is -2.78. The molecular formula is C20H19F6N3O. The minimum atomic E-state index is -4.63. The molecule has 4 nitrogen and oxygen atoms in total. The summed E-state index contributed by atoms with van der Waals surface area (Å²) in [5, 5.41) is 0. The summed E-state index contributed by atoms with van der Waals surface area (Å²) in [6.07, 6.45) is -4.75. The highest BCUT2D eigenvalue weighted by Crippen LogP contribution is 2.51. The van der Waals surface area contributed by atoms with E-state index >= 15 is 8.78 Å². The van der Waals surface area contributed by atoms with Gasteiger partial charge in [-0.05, 0) is 50.6 Å². The Morgan fingerprint density at radius 3 is 2.37 bits per heavy atom. The summed E-state index contributed by atoms with van der Waals surface area (Å²) in [6, 6.07) is 6.26. The Labute approximate surface area is 168 Å². The van der Waals surface area contributed by atoms with E-state index in [0.29, 0.717) is 0 Å². The highest BCUT2D eigenvalue weighted by Gasteiger charge is 2.66. The van der Waals surface area contributed by atoms with E-state index in [2.05, 4.69) is 9.98 Å². The Balaban J connectivity index is 2.05. The Kier molecular flexibility index (Phi) is 5.03. The fourth-order valence-electron chi connectivity index (χ4n) is 3.45. The van der Waals surface area contributed by atoms with Crippen LogP contribution in [-0.2, 0) is 22.9 Å². The first-order valence-electron chi connectivity index (χ1n) is 8.91. The highest BCUT2D eigenvalue weighted by molar-refractivity contribution is 5.74. The molecule has 1 aliphatic heterocycles. The molecule has 2 aromatic rings. The number of ether oxygens (including phenoxy) is 1. The number of nitrogens with two attached hydrogens (primary N) is 1. The molecule has 0 spiro atoms. The quantitative estimate of drug-likeness (QED) is 0.710. The first-order valence-corrected chi connectivity index (χ1v) is 8.91. The van der Waals surface area contributed by atoms with Crippen LogP contribution in [0.5, 0.6) is 0 Å². The van der Waals surface area contributed by atoms with Gasteiger partial charge in [0.25, 0.3) is 6.02 Å². The van der Waals surface area contributed by atoms with E-state index < -0.39 is 46.3 Å². The van der Waals surface area contributed by atoms with Crippen molar-refractivity contribution in [2.75, 3.05) is 0 Å². The summed E-state index contributed by atoms with van der Waals surface area (Å²) in [5.74, 6) is -4.61. The van der Waals surface area contributed by atoms with Crippen LogP contribution in [-0.4, -0.2) is 22.5 Å². The average Bonchev–Trinajstić information content (AvgIpc) is 2.61. The molecule has 0 saturated heterocycles. The van der Waals surface area contributed by atoms with Crippen molar-refractivity contribution in [2.24, 2.45) is 10.7 Å². The molecule has 0 fully saturated rings. The number of hydrogen-bond acceptors (Lipinski definition) is 4. The van der Waals surface area contributed by atoms with Gasteiger partial charge in [0.1, 0.15) is 11.5 Å². The van der Waals surface area contributed by atoms with Crippen molar-refractivity contribution >= 4 is 6.02 Å². The number of halogens is 6. The van der Waals surface area contributed by atoms with Gasteiger partial charge in [-0.15, -0.1) is 0 Å². The molecule has 0 radical (unpaired) electrons. The minimum Gasteiger partial charge on any atom is -0.453 e. The third-order valence-corrected chi connectivity index (χ3v) is 5.10. The van der Waals surface area contributed by atoms with Crippen LogP contribution in [0, 0.1) is 5.82 Å². The van der Waals surface area contributed by atoms with Crippen LogP contribution in [0.25, 0.3) is 0 Å². The Morgan fingerprint density at radius 2 is 1.73 bits per heavy atom. The summed E-state index contributed by atoms with van der Waals surface area (Å²) in [6.45, 7) is 3.26. The normalized spacial score (nSPS) is 22.9. The van der Waals surface area contributed by atoms with E-state index in [-0.39, 0.29) is 17.7 Å². The molecule has 0 aliphatic carbocycles. The second-order valence-corrected chi connectivity index (χ2v) is 7.71. The van der Waals surface area contributed by atoms with E-state index in [1.165, 1.54) is 18.2 Å². The Morgan fingerprint density at radius 1 is 1.07 bits per heavy atom. The molecular weight excluding hydrogens is 412 g/mol. The van der Waals surface area contributed by atoms with Gasteiger partial charge >= 0.3 is 12.1 Å². The van der Waals surface area contributed by atoms with Gasteiger partial charge in [-0.1, -0.05) is 12.1 Å². The van der Waals surface area contributed by atoms with Gasteiger partial charge in [-0.3, -0.25) is 0 Å². The van der Waals surface area contributed by atoms with Crippen molar-refractivity contribution in [3.05, 3.63) is 64.7 Å². The second kappa shape index (κ2) is 6.88. The third-order valence-electron chi connectivity index (χ3n) is 5.10. The number of pyridine rings is 1. The van der Waals surface area contributed by atoms with Gasteiger partial charge < -0.3 is 10.5 Å². The van der Waals surface area contributed by atoms with Crippen LogP contribution in [0.2, 0.25) is 0 Å². The zero-order valence-corrected chi connectivity index (χ0v) is 16.3. The molecule has 0 saturated carbocycles. The number of hydrogen-bond donors (Lipinski definition) is 1. The number of aliphatic imine (C=N–C) groups is 1. The van der Waals surface area contributed by atoms with Crippen molar-refractivity contribution in [3.8, 4) is 0 Å². The maximum atomic E-state index is 15.2. The summed E-state index contributed by atoms with van der Waals surface area (Å²) in [7, 11) is 0. The molecule has 0 unspecified atom stereocenters. The molecule has 10 heteroatoms. The topological polar surface area (TPSA) is 60.5 Å². The second-order valence-electron chi connectivity index (χ2n) is 7.71. The lowest BCUT2D eigenvalue weighted by Crippen LogP contribution is -2.62. The predicted octanol–water partition coefficient (Wildman–Crippen LogP) is 4.80. The molecule has 30 heavy (non-hydrogen) atoms. The smallest absolute Gasteiger partial charge is 0.433 e. The molecule has 1 aliphatic rings. The number of nitrogens with zero attached hydrogens (tertiary/aromatic N) is 2. The molecule has 2 N–H and O–H groups in total. The summed E-state index contributed by atoms with van der Waals surface area (Å²) >= 11 is 0. The maximum absolute atomic E-state index is 15.2. The molecule has 1 aromatic carbocycles. The molecule has 2 heterocycles. The standard InChI is InChI=1S/C20H19F6N3O/c1-17(2)20(25,26)18(3,29-16(27)30-17)13-10-11(7-8-14(13)21)9-12-5-4-6-15(28-12)19(22,23)24/h4-8,10H,9H2,1-3H3,(H2,27,29)/t18-/m1/s1. The van der Waals surface area contributed by atoms with Crippen molar-refractivity contribution in [3.63, 3.8) is 0 Å². The lowest BCUT2D eigenvalue weighted by atomic mass is 9.76. The fraction of sp³-hybridized carbons (Fsp3) is 0.400. The van der Waals surface area contributed by atoms with Gasteiger partial charge in [-0.2, -0.15) is 22.0 Å². The number of rotatable bonds is 3. The molecule has 0 bridgehead atoms. The van der Waals surface area contributed by atoms with Gasteiger partial charge in [-0.25, -0.2) is 14.4 Å². The lowest BCUT2D eigenvalue weighted by Gasteiger charge is -2.46. The largest absolute Gasteiger partial charge is 0.453 e. The van der Waals surface area contributed by atoms with E-state index in [1.807, 2.05) is 0 Å². The fourth-order valence-corrected chi connectivity index (χ4v) is 3.45. The number of amidine groups is 1. The number of benzene rings is 1. The van der Waals surface area contributed by atoms with Crippen molar-refractivity contribution < 1.29 is 31.1 Å². The number of aromatic nitrogens is 1. The molecule has 1 aromatic heterocycles. The van der Waals surface area contributed by atoms with E-state index in [9.17, 15) is 17.6 Å². The molecule has 1 atom stereocenters. The Bertz CT molecular complexity index is 1000.